The molecule has 3 heterocycles. The summed E-state index contributed by atoms with van der Waals surface area (Å²) in [5.41, 5.74) is 2.10. The van der Waals surface area contributed by atoms with Gasteiger partial charge in [-0.25, -0.2) is 4.98 Å². The molecule has 49 heavy (non-hydrogen) atoms. The lowest BCUT2D eigenvalue weighted by Crippen LogP contribution is -2.70. The molecule has 3 fully saturated rings. The monoisotopic (exact) mass is 698 g/mol. The Bertz CT molecular complexity index is 1330. The number of carbonyl (C=O) groups excluding carboxylic acids is 1. The lowest BCUT2D eigenvalue weighted by Gasteiger charge is -2.55. The molecule has 272 valence electrons. The quantitative estimate of drug-likeness (QED) is 0.225. The maximum Gasteiger partial charge on any atom is 0.223 e. The number of hydrogen-bond donors (Lipinski definition) is 4. The number of amides is 1. The fraction of sp³-hybridized carbons (Fsp3) is 0.737. The highest BCUT2D eigenvalue weighted by Gasteiger charge is 2.53. The molecule has 3 unspecified atom stereocenters. The topological polar surface area (TPSA) is 115 Å². The number of hydrogen-bond acceptors (Lipinski definition) is 9. The Balaban J connectivity index is 1.10. The molecule has 4 N–H and O–H groups in total. The Morgan fingerprint density at radius 2 is 1.94 bits per heavy atom. The van der Waals surface area contributed by atoms with E-state index in [0.29, 0.717) is 35.7 Å². The van der Waals surface area contributed by atoms with Gasteiger partial charge in [-0.2, -0.15) is 0 Å². The second-order valence-electron chi connectivity index (χ2n) is 15.1. The van der Waals surface area contributed by atoms with Crippen molar-refractivity contribution in [1.29, 1.82) is 0 Å². The van der Waals surface area contributed by atoms with Gasteiger partial charge in [0, 0.05) is 43.6 Å². The third-order valence-electron chi connectivity index (χ3n) is 11.9. The second-order valence-corrected chi connectivity index (χ2v) is 15.5. The summed E-state index contributed by atoms with van der Waals surface area (Å²) < 4.78 is 11.2. The highest BCUT2D eigenvalue weighted by Crippen LogP contribution is 2.48. The zero-order valence-electron chi connectivity index (χ0n) is 29.7. The van der Waals surface area contributed by atoms with E-state index in [-0.39, 0.29) is 42.7 Å². The zero-order valence-corrected chi connectivity index (χ0v) is 30.5. The lowest BCUT2D eigenvalue weighted by molar-refractivity contribution is -0.139. The van der Waals surface area contributed by atoms with Gasteiger partial charge in [0.25, 0.3) is 0 Å². The van der Waals surface area contributed by atoms with Gasteiger partial charge in [-0.1, -0.05) is 76.0 Å². The van der Waals surface area contributed by atoms with Crippen LogP contribution in [0.15, 0.2) is 29.1 Å². The van der Waals surface area contributed by atoms with Crippen molar-refractivity contribution in [1.82, 2.24) is 30.7 Å². The number of β-amino-alcohol motifs (C(OH)–C–C–N with tert-alkyl or cyclic N) is 1. The maximum atomic E-state index is 14.4. The Hall–Kier alpha value is -2.21. The Morgan fingerprint density at radius 3 is 2.61 bits per heavy atom. The largest absolute Gasteiger partial charge is 0.484 e. The smallest absolute Gasteiger partial charge is 0.223 e. The summed E-state index contributed by atoms with van der Waals surface area (Å²) in [5.74, 6) is 1.28. The molecule has 1 amide bonds. The van der Waals surface area contributed by atoms with E-state index in [9.17, 15) is 9.90 Å². The van der Waals surface area contributed by atoms with Crippen LogP contribution >= 0.6 is 11.6 Å². The minimum atomic E-state index is -0.662. The summed E-state index contributed by atoms with van der Waals surface area (Å²) in [5, 5.41) is 23.2. The van der Waals surface area contributed by atoms with E-state index in [0.717, 1.165) is 49.9 Å². The Labute approximate surface area is 298 Å². The first-order chi connectivity index (χ1) is 23.9. The van der Waals surface area contributed by atoms with Crippen LogP contribution in [0.25, 0.3) is 0 Å². The number of carbonyl (C=O) groups is 1. The fourth-order valence-corrected chi connectivity index (χ4v) is 8.98. The summed E-state index contributed by atoms with van der Waals surface area (Å²) in [4.78, 5) is 22.9. The van der Waals surface area contributed by atoms with Gasteiger partial charge in [0.2, 0.25) is 5.91 Å². The molecule has 2 aromatic rings. The minimum Gasteiger partial charge on any atom is -0.484 e. The Kier molecular flexibility index (Phi) is 12.9. The standard InChI is InChI=1S/C38H59ClN6O4/c1-3-44(2)34-20-32(38(37(43-34)42-28-12-11-13-28)17-9-7-5-4-6-8-10-18-38)36(47)41-21-29(46)24-45-19-16-31-27(23-45)14-15-33(35(31)39)48-25-30-22-40-26-49-30/h14-15,22,26,28-29,32,34,37,42-43,46H,3-13,16-21,23-25H2,1-2H3,(H,41,47)/t29-,32?,34?,37?/m0/s1. The highest BCUT2D eigenvalue weighted by atomic mass is 35.5. The number of benzene rings is 1. The van der Waals surface area contributed by atoms with Crippen LogP contribution in [0.5, 0.6) is 5.75 Å². The molecule has 2 saturated carbocycles. The highest BCUT2D eigenvalue weighted by molar-refractivity contribution is 6.33. The van der Waals surface area contributed by atoms with Crippen molar-refractivity contribution < 1.29 is 19.1 Å². The molecule has 2 aliphatic carbocycles. The van der Waals surface area contributed by atoms with E-state index in [1.54, 1.807) is 6.20 Å². The average molecular weight is 699 g/mol. The number of oxazole rings is 1. The van der Waals surface area contributed by atoms with Crippen molar-refractivity contribution in [2.24, 2.45) is 11.3 Å². The second kappa shape index (κ2) is 17.3. The van der Waals surface area contributed by atoms with Gasteiger partial charge in [0.15, 0.2) is 12.2 Å². The lowest BCUT2D eigenvalue weighted by atomic mass is 9.61. The third kappa shape index (κ3) is 9.00. The summed E-state index contributed by atoms with van der Waals surface area (Å²) in [7, 11) is 2.17. The molecule has 1 spiro atoms. The molecule has 1 saturated heterocycles. The molecule has 0 radical (unpaired) electrons. The predicted octanol–water partition coefficient (Wildman–Crippen LogP) is 5.61. The number of rotatable bonds is 12. The van der Waals surface area contributed by atoms with E-state index >= 15 is 0 Å². The third-order valence-corrected chi connectivity index (χ3v) is 12.4. The normalized spacial score (nSPS) is 25.8. The fourth-order valence-electron chi connectivity index (χ4n) is 8.64. The number of aliphatic hydroxyl groups is 1. The van der Waals surface area contributed by atoms with Crippen molar-refractivity contribution in [2.75, 3.05) is 33.2 Å². The zero-order chi connectivity index (χ0) is 34.2. The molecule has 2 aliphatic heterocycles. The first-order valence-electron chi connectivity index (χ1n) is 19.1. The minimum absolute atomic E-state index is 0.110. The van der Waals surface area contributed by atoms with Crippen molar-refractivity contribution in [3.63, 3.8) is 0 Å². The summed E-state index contributed by atoms with van der Waals surface area (Å²) in [6.07, 6.45) is 18.8. The van der Waals surface area contributed by atoms with Gasteiger partial charge in [0.05, 0.1) is 29.7 Å². The van der Waals surface area contributed by atoms with Gasteiger partial charge in [0.1, 0.15) is 12.4 Å². The molecule has 1 aromatic carbocycles. The molecular formula is C38H59ClN6O4. The van der Waals surface area contributed by atoms with Gasteiger partial charge >= 0.3 is 0 Å². The molecule has 4 atom stereocenters. The van der Waals surface area contributed by atoms with Crippen LogP contribution in [0.4, 0.5) is 0 Å². The van der Waals surface area contributed by atoms with Crippen LogP contribution in [0, 0.1) is 11.3 Å². The molecule has 10 nitrogen and oxygen atoms in total. The van der Waals surface area contributed by atoms with Crippen molar-refractivity contribution in [3.05, 3.63) is 46.6 Å². The molecule has 4 aliphatic rings. The first-order valence-corrected chi connectivity index (χ1v) is 19.4. The number of nitrogens with one attached hydrogen (secondary N) is 3. The van der Waals surface area contributed by atoms with E-state index < -0.39 is 6.10 Å². The predicted molar refractivity (Wildman–Crippen MR) is 192 cm³/mol. The Morgan fingerprint density at radius 1 is 1.18 bits per heavy atom. The summed E-state index contributed by atoms with van der Waals surface area (Å²) in [6, 6.07) is 4.50. The van der Waals surface area contributed by atoms with Crippen molar-refractivity contribution >= 4 is 17.5 Å². The van der Waals surface area contributed by atoms with E-state index in [1.165, 1.54) is 70.6 Å². The van der Waals surface area contributed by atoms with Crippen LogP contribution in [-0.2, 0) is 24.4 Å². The molecule has 1 aromatic heterocycles. The van der Waals surface area contributed by atoms with Gasteiger partial charge in [-0.3, -0.25) is 25.2 Å². The number of aliphatic hydroxyl groups excluding tert-OH is 1. The van der Waals surface area contributed by atoms with E-state index in [2.05, 4.69) is 50.8 Å². The number of ether oxygens (including phenoxy) is 1. The first kappa shape index (κ1) is 36.6. The van der Waals surface area contributed by atoms with Crippen molar-refractivity contribution in [2.45, 2.75) is 134 Å². The average Bonchev–Trinajstić information content (AvgIpc) is 3.62. The van der Waals surface area contributed by atoms with Crippen LogP contribution in [0.1, 0.15) is 107 Å². The van der Waals surface area contributed by atoms with Crippen molar-refractivity contribution in [3.8, 4) is 5.75 Å². The number of piperidine rings is 1. The number of nitrogens with zero attached hydrogens (tertiary/aromatic N) is 3. The molecule has 0 bridgehead atoms. The summed E-state index contributed by atoms with van der Waals surface area (Å²) >= 11 is 6.77. The number of halogens is 1. The maximum absolute atomic E-state index is 14.4. The van der Waals surface area contributed by atoms with E-state index in [4.69, 9.17) is 20.8 Å². The summed E-state index contributed by atoms with van der Waals surface area (Å²) in [6.45, 7) is 5.61. The van der Waals surface area contributed by atoms with Crippen LogP contribution in [-0.4, -0.2) is 83.5 Å². The molecule has 11 heteroatoms. The number of aromatic nitrogens is 1. The molecular weight excluding hydrogens is 640 g/mol. The van der Waals surface area contributed by atoms with Gasteiger partial charge in [-0.05, 0) is 69.3 Å². The van der Waals surface area contributed by atoms with Gasteiger partial charge in [-0.15, -0.1) is 0 Å². The SMILES string of the molecule is CCN(C)C1CC(C(=O)NC[C@H](O)CN2CCc3c(ccc(OCc4cnco4)c3Cl)C2)C2(CCCCCCCCC2)C(NC2CCC2)N1. The van der Waals surface area contributed by atoms with Crippen LogP contribution < -0.4 is 20.7 Å². The van der Waals surface area contributed by atoms with Crippen LogP contribution in [0.3, 0.4) is 0 Å². The van der Waals surface area contributed by atoms with Crippen LogP contribution in [0.2, 0.25) is 5.02 Å². The molecule has 6 rings (SSSR count). The van der Waals surface area contributed by atoms with E-state index in [1.807, 2.05) is 6.07 Å². The van der Waals surface area contributed by atoms with Gasteiger partial charge < -0.3 is 19.6 Å². The number of fused-ring (bicyclic) bond motifs is 1.